The summed E-state index contributed by atoms with van der Waals surface area (Å²) in [6.07, 6.45) is 4.44. The first-order chi connectivity index (χ1) is 11.2. The maximum atomic E-state index is 11.5. The number of aromatic nitrogens is 2. The van der Waals surface area contributed by atoms with E-state index in [1.807, 2.05) is 41.3 Å². The van der Waals surface area contributed by atoms with Crippen molar-refractivity contribution < 1.29 is 9.53 Å². The fourth-order valence-corrected chi connectivity index (χ4v) is 2.81. The lowest BCUT2D eigenvalue weighted by Crippen LogP contribution is -2.37. The number of para-hydroxylation sites is 2. The van der Waals surface area contributed by atoms with E-state index in [-0.39, 0.29) is 5.91 Å². The summed E-state index contributed by atoms with van der Waals surface area (Å²) >= 11 is 0. The molecule has 3 rings (SSSR count). The SMILES string of the molecule is COc1ccccc1-n1cc(CN2CCC(=O)NC[C@@H]2C)cn1. The topological polar surface area (TPSA) is 59.4 Å². The highest BCUT2D eigenvalue weighted by molar-refractivity contribution is 5.76. The predicted molar refractivity (Wildman–Crippen MR) is 87.6 cm³/mol. The average molecular weight is 314 g/mol. The second-order valence-corrected chi connectivity index (χ2v) is 5.84. The molecule has 0 spiro atoms. The zero-order valence-electron chi connectivity index (χ0n) is 13.5. The Hall–Kier alpha value is -2.34. The van der Waals surface area contributed by atoms with Gasteiger partial charge in [0.15, 0.2) is 0 Å². The van der Waals surface area contributed by atoms with Crippen molar-refractivity contribution in [2.75, 3.05) is 20.2 Å². The highest BCUT2D eigenvalue weighted by atomic mass is 16.5. The first-order valence-corrected chi connectivity index (χ1v) is 7.85. The second kappa shape index (κ2) is 6.83. The molecule has 0 saturated carbocycles. The molecule has 1 amide bonds. The Morgan fingerprint density at radius 2 is 2.22 bits per heavy atom. The van der Waals surface area contributed by atoms with Gasteiger partial charge in [-0.2, -0.15) is 5.10 Å². The van der Waals surface area contributed by atoms with E-state index in [9.17, 15) is 4.79 Å². The number of hydrogen-bond acceptors (Lipinski definition) is 4. The summed E-state index contributed by atoms with van der Waals surface area (Å²) in [5, 5.41) is 7.39. The van der Waals surface area contributed by atoms with Crippen LogP contribution in [0.5, 0.6) is 5.75 Å². The van der Waals surface area contributed by atoms with E-state index in [0.29, 0.717) is 19.0 Å². The third-order valence-electron chi connectivity index (χ3n) is 4.20. The molecule has 23 heavy (non-hydrogen) atoms. The summed E-state index contributed by atoms with van der Waals surface area (Å²) in [4.78, 5) is 13.8. The Morgan fingerprint density at radius 1 is 1.39 bits per heavy atom. The van der Waals surface area contributed by atoms with Crippen LogP contribution in [-0.2, 0) is 11.3 Å². The molecule has 0 unspecified atom stereocenters. The molecule has 122 valence electrons. The van der Waals surface area contributed by atoms with Crippen LogP contribution >= 0.6 is 0 Å². The normalized spacial score (nSPS) is 19.2. The van der Waals surface area contributed by atoms with E-state index in [0.717, 1.165) is 30.1 Å². The van der Waals surface area contributed by atoms with Gasteiger partial charge in [-0.3, -0.25) is 9.69 Å². The first kappa shape index (κ1) is 15.6. The molecule has 1 atom stereocenters. The summed E-state index contributed by atoms with van der Waals surface area (Å²) in [7, 11) is 1.66. The molecular weight excluding hydrogens is 292 g/mol. The molecule has 1 aliphatic rings. The highest BCUT2D eigenvalue weighted by Gasteiger charge is 2.20. The van der Waals surface area contributed by atoms with Crippen molar-refractivity contribution >= 4 is 5.91 Å². The van der Waals surface area contributed by atoms with Gasteiger partial charge in [0.1, 0.15) is 11.4 Å². The van der Waals surface area contributed by atoms with Gasteiger partial charge in [-0.25, -0.2) is 4.68 Å². The zero-order valence-corrected chi connectivity index (χ0v) is 13.5. The third-order valence-corrected chi connectivity index (χ3v) is 4.20. The standard InChI is InChI=1S/C17H22N4O2/c1-13-9-18-17(22)7-8-20(13)11-14-10-19-21(12-14)15-5-3-4-6-16(15)23-2/h3-6,10,12-13H,7-9,11H2,1-2H3,(H,18,22)/t13-/m0/s1. The van der Waals surface area contributed by atoms with Crippen molar-refractivity contribution in [3.05, 3.63) is 42.2 Å². The van der Waals surface area contributed by atoms with Crippen LogP contribution < -0.4 is 10.1 Å². The summed E-state index contributed by atoms with van der Waals surface area (Å²) in [6, 6.07) is 8.12. The number of benzene rings is 1. The molecule has 0 bridgehead atoms. The quantitative estimate of drug-likeness (QED) is 0.931. The Bertz CT molecular complexity index is 683. The van der Waals surface area contributed by atoms with Crippen LogP contribution in [0.1, 0.15) is 18.9 Å². The Balaban J connectivity index is 1.75. The van der Waals surface area contributed by atoms with E-state index in [1.165, 1.54) is 0 Å². The molecule has 1 N–H and O–H groups in total. The Labute approximate surface area is 136 Å². The van der Waals surface area contributed by atoms with Crippen LogP contribution in [0.3, 0.4) is 0 Å². The van der Waals surface area contributed by atoms with Crippen molar-refractivity contribution in [2.45, 2.75) is 25.9 Å². The summed E-state index contributed by atoms with van der Waals surface area (Å²) < 4.78 is 7.22. The summed E-state index contributed by atoms with van der Waals surface area (Å²) in [5.41, 5.74) is 2.04. The van der Waals surface area contributed by atoms with E-state index >= 15 is 0 Å². The number of nitrogens with zero attached hydrogens (tertiary/aromatic N) is 3. The van der Waals surface area contributed by atoms with Gasteiger partial charge in [-0.1, -0.05) is 12.1 Å². The van der Waals surface area contributed by atoms with Gasteiger partial charge in [0.2, 0.25) is 5.91 Å². The number of ether oxygens (including phenoxy) is 1. The molecule has 1 saturated heterocycles. The largest absolute Gasteiger partial charge is 0.494 e. The third kappa shape index (κ3) is 3.53. The summed E-state index contributed by atoms with van der Waals surface area (Å²) in [6.45, 7) is 4.38. The number of nitrogens with one attached hydrogen (secondary N) is 1. The first-order valence-electron chi connectivity index (χ1n) is 7.85. The van der Waals surface area contributed by atoms with E-state index in [4.69, 9.17) is 4.74 Å². The van der Waals surface area contributed by atoms with Crippen molar-refractivity contribution in [1.82, 2.24) is 20.0 Å². The Kier molecular flexibility index (Phi) is 4.62. The van der Waals surface area contributed by atoms with Gasteiger partial charge in [0, 0.05) is 43.9 Å². The van der Waals surface area contributed by atoms with Crippen LogP contribution in [0.25, 0.3) is 5.69 Å². The van der Waals surface area contributed by atoms with Gasteiger partial charge in [0.25, 0.3) is 0 Å². The molecule has 1 aliphatic heterocycles. The van der Waals surface area contributed by atoms with Crippen LogP contribution in [0.4, 0.5) is 0 Å². The van der Waals surface area contributed by atoms with Crippen LogP contribution in [-0.4, -0.2) is 46.8 Å². The fraction of sp³-hybridized carbons (Fsp3) is 0.412. The van der Waals surface area contributed by atoms with E-state index in [2.05, 4.69) is 22.2 Å². The average Bonchev–Trinajstić information content (AvgIpc) is 2.98. The maximum absolute atomic E-state index is 11.5. The van der Waals surface area contributed by atoms with Gasteiger partial charge in [0.05, 0.1) is 13.3 Å². The van der Waals surface area contributed by atoms with Crippen molar-refractivity contribution in [3.8, 4) is 11.4 Å². The van der Waals surface area contributed by atoms with Gasteiger partial charge < -0.3 is 10.1 Å². The molecule has 1 aromatic heterocycles. The molecule has 0 radical (unpaired) electrons. The lowest BCUT2D eigenvalue weighted by Gasteiger charge is -2.25. The smallest absolute Gasteiger partial charge is 0.221 e. The minimum absolute atomic E-state index is 0.129. The number of amides is 1. The number of carbonyl (C=O) groups excluding carboxylic acids is 1. The molecule has 6 heteroatoms. The molecule has 0 aliphatic carbocycles. The highest BCUT2D eigenvalue weighted by Crippen LogP contribution is 2.22. The fourth-order valence-electron chi connectivity index (χ4n) is 2.81. The minimum Gasteiger partial charge on any atom is -0.494 e. The van der Waals surface area contributed by atoms with Crippen LogP contribution in [0, 0.1) is 0 Å². The molecule has 2 heterocycles. The summed E-state index contributed by atoms with van der Waals surface area (Å²) in [5.74, 6) is 0.921. The second-order valence-electron chi connectivity index (χ2n) is 5.84. The molecule has 1 aromatic carbocycles. The molecule has 6 nitrogen and oxygen atoms in total. The van der Waals surface area contributed by atoms with Crippen molar-refractivity contribution in [3.63, 3.8) is 0 Å². The monoisotopic (exact) mass is 314 g/mol. The van der Waals surface area contributed by atoms with Gasteiger partial charge >= 0.3 is 0 Å². The molecular formula is C17H22N4O2. The predicted octanol–water partition coefficient (Wildman–Crippen LogP) is 1.59. The minimum atomic E-state index is 0.129. The van der Waals surface area contributed by atoms with Gasteiger partial charge in [-0.15, -0.1) is 0 Å². The van der Waals surface area contributed by atoms with Crippen LogP contribution in [0.15, 0.2) is 36.7 Å². The zero-order chi connectivity index (χ0) is 16.2. The number of hydrogen-bond donors (Lipinski definition) is 1. The van der Waals surface area contributed by atoms with Crippen molar-refractivity contribution in [2.24, 2.45) is 0 Å². The Morgan fingerprint density at radius 3 is 3.04 bits per heavy atom. The lowest BCUT2D eigenvalue weighted by molar-refractivity contribution is -0.120. The number of rotatable bonds is 4. The molecule has 1 fully saturated rings. The number of methoxy groups -OCH3 is 1. The van der Waals surface area contributed by atoms with Crippen molar-refractivity contribution in [1.29, 1.82) is 0 Å². The van der Waals surface area contributed by atoms with Crippen LogP contribution in [0.2, 0.25) is 0 Å². The van der Waals surface area contributed by atoms with Gasteiger partial charge in [-0.05, 0) is 19.1 Å². The van der Waals surface area contributed by atoms with E-state index < -0.39 is 0 Å². The molecule has 2 aromatic rings. The number of carbonyl (C=O) groups is 1. The maximum Gasteiger partial charge on any atom is 0.221 e. The van der Waals surface area contributed by atoms with E-state index in [1.54, 1.807) is 7.11 Å². The lowest BCUT2D eigenvalue weighted by atomic mass is 10.2.